The molecule has 2 rings (SSSR count). The quantitative estimate of drug-likeness (QED) is 0.853. The van der Waals surface area contributed by atoms with Crippen LogP contribution in [-0.2, 0) is 0 Å². The highest BCUT2D eigenvalue weighted by molar-refractivity contribution is 5.96. The van der Waals surface area contributed by atoms with Crippen LogP contribution in [0.1, 0.15) is 64.8 Å². The maximum Gasteiger partial charge on any atom is 0.335 e. The number of hydrogen-bond acceptors (Lipinski definition) is 2. The van der Waals surface area contributed by atoms with Crippen LogP contribution in [0.4, 0.5) is 0 Å². The molecular weight excluding hydrogens is 244 g/mol. The summed E-state index contributed by atoms with van der Waals surface area (Å²) in [5.74, 6) is -2.22. The summed E-state index contributed by atoms with van der Waals surface area (Å²) in [5.41, 5.74) is 0.335. The molecule has 104 valence electrons. The van der Waals surface area contributed by atoms with Crippen molar-refractivity contribution < 1.29 is 19.8 Å². The van der Waals surface area contributed by atoms with Crippen molar-refractivity contribution in [2.75, 3.05) is 0 Å². The Kier molecular flexibility index (Phi) is 6.06. The van der Waals surface area contributed by atoms with Gasteiger partial charge in [-0.15, -0.1) is 0 Å². The fraction of sp³-hybridized carbons (Fsp3) is 0.467. The standard InChI is InChI=1S/C9H8O4.C6H12/c1-5-6(8(10)11)3-2-4-7(5)9(12)13;1-2-4-6-5-3-1/h2-4H,1H3,(H,10,11)(H,12,13);1-6H2. The van der Waals surface area contributed by atoms with Gasteiger partial charge in [0.1, 0.15) is 0 Å². The lowest BCUT2D eigenvalue weighted by Crippen LogP contribution is -2.06. The van der Waals surface area contributed by atoms with Gasteiger partial charge in [-0.2, -0.15) is 0 Å². The number of benzene rings is 1. The first-order valence-corrected chi connectivity index (χ1v) is 6.60. The molecule has 1 aliphatic rings. The second-order valence-corrected chi connectivity index (χ2v) is 4.71. The third kappa shape index (κ3) is 4.73. The molecule has 19 heavy (non-hydrogen) atoms. The van der Waals surface area contributed by atoms with E-state index < -0.39 is 11.9 Å². The summed E-state index contributed by atoms with van der Waals surface area (Å²) >= 11 is 0. The average molecular weight is 264 g/mol. The van der Waals surface area contributed by atoms with Gasteiger partial charge in [-0.05, 0) is 24.6 Å². The van der Waals surface area contributed by atoms with Crippen LogP contribution in [0.3, 0.4) is 0 Å². The van der Waals surface area contributed by atoms with E-state index in [0.717, 1.165) is 0 Å². The van der Waals surface area contributed by atoms with Crippen LogP contribution in [0, 0.1) is 6.92 Å². The van der Waals surface area contributed by atoms with Gasteiger partial charge in [-0.25, -0.2) is 9.59 Å². The molecule has 0 spiro atoms. The van der Waals surface area contributed by atoms with Crippen molar-refractivity contribution in [3.05, 3.63) is 34.9 Å². The molecule has 1 aromatic rings. The van der Waals surface area contributed by atoms with Gasteiger partial charge in [-0.3, -0.25) is 0 Å². The van der Waals surface area contributed by atoms with E-state index in [0.29, 0.717) is 0 Å². The maximum atomic E-state index is 10.6. The molecule has 0 heterocycles. The Morgan fingerprint density at radius 2 is 1.16 bits per heavy atom. The van der Waals surface area contributed by atoms with Gasteiger partial charge in [0.2, 0.25) is 0 Å². The molecule has 0 bridgehead atoms. The molecule has 1 fully saturated rings. The highest BCUT2D eigenvalue weighted by Gasteiger charge is 2.13. The number of hydrogen-bond donors (Lipinski definition) is 2. The molecule has 0 aromatic heterocycles. The van der Waals surface area contributed by atoms with Crippen molar-refractivity contribution in [3.63, 3.8) is 0 Å². The van der Waals surface area contributed by atoms with Crippen LogP contribution >= 0.6 is 0 Å². The van der Waals surface area contributed by atoms with Gasteiger partial charge in [0.15, 0.2) is 0 Å². The Morgan fingerprint density at radius 1 is 0.842 bits per heavy atom. The zero-order valence-electron chi connectivity index (χ0n) is 11.2. The second kappa shape index (κ2) is 7.56. The van der Waals surface area contributed by atoms with E-state index in [1.807, 2.05) is 0 Å². The molecule has 1 aromatic carbocycles. The summed E-state index contributed by atoms with van der Waals surface area (Å²) in [7, 11) is 0. The fourth-order valence-electron chi connectivity index (χ4n) is 2.16. The molecule has 2 N–H and O–H groups in total. The Balaban J connectivity index is 0.000000250. The van der Waals surface area contributed by atoms with E-state index in [-0.39, 0.29) is 16.7 Å². The number of carboxylic acids is 2. The molecule has 4 heteroatoms. The van der Waals surface area contributed by atoms with Crippen LogP contribution in [0.2, 0.25) is 0 Å². The number of rotatable bonds is 2. The lowest BCUT2D eigenvalue weighted by Gasteiger charge is -2.05. The predicted molar refractivity (Wildman–Crippen MR) is 72.8 cm³/mol. The summed E-state index contributed by atoms with van der Waals surface area (Å²) < 4.78 is 0. The first-order valence-electron chi connectivity index (χ1n) is 6.60. The molecule has 0 saturated heterocycles. The Bertz CT molecular complexity index is 404. The Morgan fingerprint density at radius 3 is 1.42 bits per heavy atom. The van der Waals surface area contributed by atoms with Gasteiger partial charge in [0, 0.05) is 0 Å². The minimum Gasteiger partial charge on any atom is -0.478 e. The first-order chi connectivity index (χ1) is 9.04. The van der Waals surface area contributed by atoms with Crippen molar-refractivity contribution in [3.8, 4) is 0 Å². The molecular formula is C15H20O4. The molecule has 1 saturated carbocycles. The topological polar surface area (TPSA) is 74.6 Å². The third-order valence-electron chi connectivity index (χ3n) is 3.29. The average Bonchev–Trinajstić information content (AvgIpc) is 2.41. The molecule has 0 unspecified atom stereocenters. The third-order valence-corrected chi connectivity index (χ3v) is 3.29. The van der Waals surface area contributed by atoms with Gasteiger partial charge < -0.3 is 10.2 Å². The van der Waals surface area contributed by atoms with Gasteiger partial charge in [0.05, 0.1) is 11.1 Å². The molecule has 4 nitrogen and oxygen atoms in total. The number of carboxylic acid groups (broad SMARTS) is 2. The lowest BCUT2D eigenvalue weighted by atomic mass is 10.0. The first kappa shape index (κ1) is 15.2. The van der Waals surface area contributed by atoms with Crippen LogP contribution in [-0.4, -0.2) is 22.2 Å². The predicted octanol–water partition coefficient (Wildman–Crippen LogP) is 3.73. The Labute approximate surface area is 113 Å². The van der Waals surface area contributed by atoms with Crippen molar-refractivity contribution >= 4 is 11.9 Å². The van der Waals surface area contributed by atoms with Crippen LogP contribution in [0.5, 0.6) is 0 Å². The highest BCUT2D eigenvalue weighted by Crippen LogP contribution is 2.15. The van der Waals surface area contributed by atoms with Crippen LogP contribution in [0.25, 0.3) is 0 Å². The SMILES string of the molecule is C1CCCCC1.Cc1c(C(=O)O)cccc1C(=O)O. The highest BCUT2D eigenvalue weighted by atomic mass is 16.4. The zero-order valence-corrected chi connectivity index (χ0v) is 11.2. The monoisotopic (exact) mass is 264 g/mol. The number of carbonyl (C=O) groups is 2. The van der Waals surface area contributed by atoms with Gasteiger partial charge >= 0.3 is 11.9 Å². The lowest BCUT2D eigenvalue weighted by molar-refractivity contribution is 0.0696. The van der Waals surface area contributed by atoms with Crippen LogP contribution < -0.4 is 0 Å². The van der Waals surface area contributed by atoms with E-state index in [1.54, 1.807) is 0 Å². The second-order valence-electron chi connectivity index (χ2n) is 4.71. The number of aromatic carboxylic acids is 2. The summed E-state index contributed by atoms with van der Waals surface area (Å²) in [6.07, 6.45) is 9.00. The van der Waals surface area contributed by atoms with E-state index in [1.165, 1.54) is 63.6 Å². The van der Waals surface area contributed by atoms with Gasteiger partial charge in [-0.1, -0.05) is 44.6 Å². The van der Waals surface area contributed by atoms with Crippen molar-refractivity contribution in [2.24, 2.45) is 0 Å². The van der Waals surface area contributed by atoms with E-state index >= 15 is 0 Å². The zero-order chi connectivity index (χ0) is 14.3. The van der Waals surface area contributed by atoms with Crippen LogP contribution in [0.15, 0.2) is 18.2 Å². The molecule has 1 aliphatic carbocycles. The summed E-state index contributed by atoms with van der Waals surface area (Å²) in [4.78, 5) is 21.2. The molecule has 0 atom stereocenters. The van der Waals surface area contributed by atoms with Crippen molar-refractivity contribution in [2.45, 2.75) is 45.4 Å². The Hall–Kier alpha value is -1.84. The van der Waals surface area contributed by atoms with E-state index in [9.17, 15) is 9.59 Å². The molecule has 0 aliphatic heterocycles. The largest absolute Gasteiger partial charge is 0.478 e. The summed E-state index contributed by atoms with van der Waals surface area (Å²) in [5, 5.41) is 17.4. The molecule has 0 amide bonds. The minimum atomic E-state index is -1.11. The normalized spacial score (nSPS) is 14.2. The van der Waals surface area contributed by atoms with Crippen molar-refractivity contribution in [1.82, 2.24) is 0 Å². The molecule has 0 radical (unpaired) electrons. The smallest absolute Gasteiger partial charge is 0.335 e. The summed E-state index contributed by atoms with van der Waals surface area (Å²) in [6, 6.07) is 4.17. The van der Waals surface area contributed by atoms with E-state index in [2.05, 4.69) is 0 Å². The van der Waals surface area contributed by atoms with E-state index in [4.69, 9.17) is 10.2 Å². The fourth-order valence-corrected chi connectivity index (χ4v) is 2.16. The minimum absolute atomic E-state index is 0.0277. The van der Waals surface area contributed by atoms with Crippen molar-refractivity contribution in [1.29, 1.82) is 0 Å². The van der Waals surface area contributed by atoms with Gasteiger partial charge in [0.25, 0.3) is 0 Å². The maximum absolute atomic E-state index is 10.6. The summed E-state index contributed by atoms with van der Waals surface area (Å²) in [6.45, 7) is 1.48.